The Hall–Kier alpha value is -1.40. The number of hydrogen-bond donors (Lipinski definition) is 3. The van der Waals surface area contributed by atoms with Crippen LogP contribution in [0.3, 0.4) is 0 Å². The maximum atomic E-state index is 12.5. The van der Waals surface area contributed by atoms with E-state index < -0.39 is 12.1 Å². The van der Waals surface area contributed by atoms with Gasteiger partial charge in [-0.1, -0.05) is 334 Å². The lowest BCUT2D eigenvalue weighted by Crippen LogP contribution is -2.45. The van der Waals surface area contributed by atoms with Crippen molar-refractivity contribution in [1.82, 2.24) is 5.32 Å². The highest BCUT2D eigenvalue weighted by molar-refractivity contribution is 5.76. The van der Waals surface area contributed by atoms with Crippen molar-refractivity contribution in [1.29, 1.82) is 0 Å². The molecule has 0 heterocycles. The normalized spacial score (nSPS) is 12.5. The van der Waals surface area contributed by atoms with Gasteiger partial charge in [-0.15, -0.1) is 0 Å². The van der Waals surface area contributed by atoms with Gasteiger partial charge in [0.25, 0.3) is 0 Å². The van der Waals surface area contributed by atoms with E-state index in [0.29, 0.717) is 25.9 Å². The van der Waals surface area contributed by atoms with Crippen molar-refractivity contribution in [2.45, 2.75) is 398 Å². The van der Waals surface area contributed by atoms with E-state index in [-0.39, 0.29) is 18.5 Å². The van der Waals surface area contributed by atoms with Crippen molar-refractivity contribution in [2.24, 2.45) is 0 Å². The Balaban J connectivity index is 3.40. The molecule has 0 aliphatic rings. The molecule has 0 spiro atoms. The SMILES string of the molecule is CCCCCCCCCCCCCCCCCCCCCCCCC(O)C(CO)NC(=O)CCCCCCCCCC/C=C\CCCCCCCCCCCCCCOC(=O)CCCCCCCCCCCCC. The zero-order valence-electron chi connectivity index (χ0n) is 50.4. The summed E-state index contributed by atoms with van der Waals surface area (Å²) in [6, 6.07) is -0.545. The van der Waals surface area contributed by atoms with Crippen LogP contribution in [-0.4, -0.2) is 47.4 Å². The van der Waals surface area contributed by atoms with Crippen LogP contribution in [0.1, 0.15) is 386 Å². The molecule has 2 unspecified atom stereocenters. The lowest BCUT2D eigenvalue weighted by Gasteiger charge is -2.22. The molecule has 0 radical (unpaired) electrons. The number of rotatable bonds is 64. The lowest BCUT2D eigenvalue weighted by molar-refractivity contribution is -0.143. The number of nitrogens with one attached hydrogen (secondary N) is 1. The van der Waals surface area contributed by atoms with Crippen LogP contribution in [-0.2, 0) is 14.3 Å². The fourth-order valence-electron chi connectivity index (χ4n) is 10.9. The van der Waals surface area contributed by atoms with E-state index in [1.165, 1.54) is 315 Å². The Morgan fingerprint density at radius 3 is 0.959 bits per heavy atom. The van der Waals surface area contributed by atoms with Crippen molar-refractivity contribution in [3.8, 4) is 0 Å². The monoisotopic (exact) mass is 1040 g/mol. The predicted molar refractivity (Wildman–Crippen MR) is 324 cm³/mol. The quantitative estimate of drug-likeness (QED) is 0.0320. The summed E-state index contributed by atoms with van der Waals surface area (Å²) in [5.74, 6) is -0.0216. The topological polar surface area (TPSA) is 95.9 Å². The Kier molecular flexibility index (Phi) is 62.9. The van der Waals surface area contributed by atoms with E-state index in [1.807, 2.05) is 0 Å². The third-order valence-electron chi connectivity index (χ3n) is 16.1. The summed E-state index contributed by atoms with van der Waals surface area (Å²) in [4.78, 5) is 24.5. The van der Waals surface area contributed by atoms with Crippen LogP contribution in [0.2, 0.25) is 0 Å². The number of ether oxygens (including phenoxy) is 1. The molecule has 0 bridgehead atoms. The second-order valence-corrected chi connectivity index (χ2v) is 23.5. The molecule has 1 amide bonds. The number of aliphatic hydroxyl groups excluding tert-OH is 2. The molecular formula is C68H133NO5. The largest absolute Gasteiger partial charge is 0.466 e. The van der Waals surface area contributed by atoms with Gasteiger partial charge in [-0.2, -0.15) is 0 Å². The summed E-state index contributed by atoms with van der Waals surface area (Å²) in [5, 5.41) is 23.4. The molecule has 0 aromatic carbocycles. The molecule has 2 atom stereocenters. The second kappa shape index (κ2) is 64.1. The fourth-order valence-corrected chi connectivity index (χ4v) is 10.9. The number of allylic oxidation sites excluding steroid dienone is 2. The van der Waals surface area contributed by atoms with Gasteiger partial charge in [0.2, 0.25) is 5.91 Å². The number of hydrogen-bond acceptors (Lipinski definition) is 5. The van der Waals surface area contributed by atoms with E-state index in [0.717, 1.165) is 38.5 Å². The van der Waals surface area contributed by atoms with Gasteiger partial charge in [-0.25, -0.2) is 0 Å². The fraction of sp³-hybridized carbons (Fsp3) is 0.941. The number of amides is 1. The minimum Gasteiger partial charge on any atom is -0.466 e. The molecule has 74 heavy (non-hydrogen) atoms. The molecule has 0 saturated carbocycles. The zero-order chi connectivity index (χ0) is 53.6. The van der Waals surface area contributed by atoms with Gasteiger partial charge < -0.3 is 20.3 Å². The summed E-state index contributed by atoms with van der Waals surface area (Å²) < 4.78 is 5.47. The highest BCUT2D eigenvalue weighted by atomic mass is 16.5. The Morgan fingerprint density at radius 2 is 0.635 bits per heavy atom. The third-order valence-corrected chi connectivity index (χ3v) is 16.1. The first kappa shape index (κ1) is 72.6. The Bertz CT molecular complexity index is 1110. The predicted octanol–water partition coefficient (Wildman–Crippen LogP) is 21.6. The standard InChI is InChI=1S/C68H133NO5/c1-3-5-7-9-11-13-15-16-17-18-19-20-25-28-31-34-37-41-44-48-52-56-60-66(71)65(64-70)69-67(72)61-57-53-49-45-42-38-35-32-29-26-23-21-22-24-27-30-33-36-39-43-47-51-55-59-63-74-68(73)62-58-54-50-46-40-14-12-10-8-6-4-2/h23,26,65-66,70-71H,3-22,24-25,27-64H2,1-2H3,(H,69,72)/b26-23-. The van der Waals surface area contributed by atoms with Crippen LogP contribution >= 0.6 is 0 Å². The van der Waals surface area contributed by atoms with Crippen molar-refractivity contribution in [3.63, 3.8) is 0 Å². The van der Waals surface area contributed by atoms with Gasteiger partial charge in [0.15, 0.2) is 0 Å². The molecule has 6 heteroatoms. The first-order chi connectivity index (χ1) is 36.5. The van der Waals surface area contributed by atoms with Crippen molar-refractivity contribution >= 4 is 11.9 Å². The molecule has 0 aliphatic carbocycles. The summed E-state index contributed by atoms with van der Waals surface area (Å²) in [6.45, 7) is 4.98. The van der Waals surface area contributed by atoms with Crippen LogP contribution < -0.4 is 5.32 Å². The van der Waals surface area contributed by atoms with Gasteiger partial charge in [-0.3, -0.25) is 9.59 Å². The number of carbonyl (C=O) groups is 2. The van der Waals surface area contributed by atoms with Crippen LogP contribution in [0.5, 0.6) is 0 Å². The minimum atomic E-state index is -0.667. The van der Waals surface area contributed by atoms with Crippen LogP contribution in [0.15, 0.2) is 12.2 Å². The molecule has 0 fully saturated rings. The summed E-state index contributed by atoms with van der Waals surface area (Å²) in [5.41, 5.74) is 0. The maximum absolute atomic E-state index is 12.5. The van der Waals surface area contributed by atoms with Crippen LogP contribution in [0.25, 0.3) is 0 Å². The number of carbonyl (C=O) groups excluding carboxylic acids is 2. The van der Waals surface area contributed by atoms with E-state index >= 15 is 0 Å². The molecule has 0 aromatic heterocycles. The van der Waals surface area contributed by atoms with E-state index in [4.69, 9.17) is 4.74 Å². The van der Waals surface area contributed by atoms with Crippen molar-refractivity contribution in [2.75, 3.05) is 13.2 Å². The molecule has 3 N–H and O–H groups in total. The van der Waals surface area contributed by atoms with Gasteiger partial charge in [0.1, 0.15) is 0 Å². The Morgan fingerprint density at radius 1 is 0.365 bits per heavy atom. The lowest BCUT2D eigenvalue weighted by atomic mass is 10.0. The average Bonchev–Trinajstić information content (AvgIpc) is 3.40. The molecule has 0 aliphatic heterocycles. The maximum Gasteiger partial charge on any atom is 0.305 e. The van der Waals surface area contributed by atoms with Crippen LogP contribution in [0.4, 0.5) is 0 Å². The molecular weight excluding hydrogens is 911 g/mol. The zero-order valence-corrected chi connectivity index (χ0v) is 50.4. The van der Waals surface area contributed by atoms with Gasteiger partial charge in [-0.05, 0) is 51.4 Å². The van der Waals surface area contributed by atoms with E-state index in [1.54, 1.807) is 0 Å². The molecule has 6 nitrogen and oxygen atoms in total. The average molecular weight is 1040 g/mol. The molecule has 0 saturated heterocycles. The van der Waals surface area contributed by atoms with E-state index in [2.05, 4.69) is 31.3 Å². The van der Waals surface area contributed by atoms with E-state index in [9.17, 15) is 19.8 Å². The van der Waals surface area contributed by atoms with Gasteiger partial charge >= 0.3 is 5.97 Å². The number of unbranched alkanes of at least 4 members (excludes halogenated alkanes) is 51. The summed E-state index contributed by atoms with van der Waals surface area (Å²) >= 11 is 0. The van der Waals surface area contributed by atoms with Gasteiger partial charge in [0.05, 0.1) is 25.4 Å². The first-order valence-corrected chi connectivity index (χ1v) is 33.9. The highest BCUT2D eigenvalue weighted by Gasteiger charge is 2.20. The number of aliphatic hydroxyl groups is 2. The van der Waals surface area contributed by atoms with Crippen LogP contribution in [0, 0.1) is 0 Å². The minimum absolute atomic E-state index is 0.0132. The molecule has 440 valence electrons. The van der Waals surface area contributed by atoms with Crippen molar-refractivity contribution in [3.05, 3.63) is 12.2 Å². The Labute approximate surface area is 463 Å². The molecule has 0 aromatic rings. The first-order valence-electron chi connectivity index (χ1n) is 33.9. The summed E-state index contributed by atoms with van der Waals surface area (Å²) in [7, 11) is 0. The highest BCUT2D eigenvalue weighted by Crippen LogP contribution is 2.19. The summed E-state index contributed by atoms with van der Waals surface area (Å²) in [6.07, 6.45) is 78.2. The molecule has 0 rings (SSSR count). The van der Waals surface area contributed by atoms with Gasteiger partial charge in [0, 0.05) is 12.8 Å². The van der Waals surface area contributed by atoms with Crippen molar-refractivity contribution < 1.29 is 24.5 Å². The second-order valence-electron chi connectivity index (χ2n) is 23.5. The smallest absolute Gasteiger partial charge is 0.305 e. The third kappa shape index (κ3) is 59.8. The number of esters is 1.